The van der Waals surface area contributed by atoms with Crippen molar-refractivity contribution in [3.05, 3.63) is 35.9 Å². The number of ether oxygens (including phenoxy) is 1. The lowest BCUT2D eigenvalue weighted by Crippen LogP contribution is -2.24. The molecule has 1 aromatic rings. The molecule has 0 spiro atoms. The lowest BCUT2D eigenvalue weighted by atomic mass is 10.1. The van der Waals surface area contributed by atoms with Gasteiger partial charge in [0.25, 0.3) is 0 Å². The topological polar surface area (TPSA) is 52.3 Å². The Hall–Kier alpha value is -1.06. The van der Waals surface area contributed by atoms with E-state index in [1.54, 1.807) is 0 Å². The van der Waals surface area contributed by atoms with Gasteiger partial charge in [-0.1, -0.05) is 30.3 Å². The number of halogens is 1. The van der Waals surface area contributed by atoms with Crippen LogP contribution in [0.15, 0.2) is 30.3 Å². The summed E-state index contributed by atoms with van der Waals surface area (Å²) in [7, 11) is 0. The van der Waals surface area contributed by atoms with Crippen LogP contribution in [-0.2, 0) is 9.53 Å². The van der Waals surface area contributed by atoms with Crippen molar-refractivity contribution in [2.24, 2.45) is 5.73 Å². The molecule has 2 rings (SSSR count). The van der Waals surface area contributed by atoms with E-state index < -0.39 is 6.04 Å². The summed E-state index contributed by atoms with van der Waals surface area (Å²) in [5.74, 6) is -0.297. The molecule has 0 aliphatic carbocycles. The average Bonchev–Trinajstić information content (AvgIpc) is 2.49. The van der Waals surface area contributed by atoms with Gasteiger partial charge in [0.2, 0.25) is 0 Å². The summed E-state index contributed by atoms with van der Waals surface area (Å²) in [6.07, 6.45) is 0.437. The molecule has 0 radical (unpaired) electrons. The molecule has 76 valence electrons. The number of rotatable bonds is 1. The minimum Gasteiger partial charge on any atom is -0.456 e. The van der Waals surface area contributed by atoms with Gasteiger partial charge in [0.15, 0.2) is 0 Å². The van der Waals surface area contributed by atoms with Crippen molar-refractivity contribution < 1.29 is 9.53 Å². The Labute approximate surface area is 88.7 Å². The zero-order valence-electron chi connectivity index (χ0n) is 7.55. The smallest absolute Gasteiger partial charge is 0.323 e. The quantitative estimate of drug-likeness (QED) is 0.718. The van der Waals surface area contributed by atoms with Gasteiger partial charge in [-0.15, -0.1) is 12.4 Å². The maximum Gasteiger partial charge on any atom is 0.323 e. The van der Waals surface area contributed by atoms with Crippen molar-refractivity contribution in [2.75, 3.05) is 0 Å². The van der Waals surface area contributed by atoms with Crippen molar-refractivity contribution in [3.8, 4) is 0 Å². The maximum absolute atomic E-state index is 11.0. The van der Waals surface area contributed by atoms with Gasteiger partial charge in [-0.2, -0.15) is 0 Å². The Balaban J connectivity index is 0.000000980. The first-order valence-electron chi connectivity index (χ1n) is 4.28. The van der Waals surface area contributed by atoms with E-state index in [4.69, 9.17) is 10.5 Å². The number of nitrogens with two attached hydrogens (primary N) is 1. The van der Waals surface area contributed by atoms with Crippen molar-refractivity contribution >= 4 is 18.4 Å². The Morgan fingerprint density at radius 3 is 2.43 bits per heavy atom. The van der Waals surface area contributed by atoms with E-state index in [-0.39, 0.29) is 24.5 Å². The predicted octanol–water partition coefficient (Wildman–Crippen LogP) is 1.42. The molecule has 1 unspecified atom stereocenters. The molecule has 0 saturated carbocycles. The van der Waals surface area contributed by atoms with E-state index in [0.29, 0.717) is 6.42 Å². The van der Waals surface area contributed by atoms with Crippen LogP contribution in [0.25, 0.3) is 0 Å². The molecule has 1 aromatic carbocycles. The number of benzene rings is 1. The van der Waals surface area contributed by atoms with Gasteiger partial charge in [0, 0.05) is 6.42 Å². The third-order valence-electron chi connectivity index (χ3n) is 2.20. The van der Waals surface area contributed by atoms with Gasteiger partial charge >= 0.3 is 5.97 Å². The molecule has 0 aromatic heterocycles. The molecule has 1 fully saturated rings. The summed E-state index contributed by atoms with van der Waals surface area (Å²) >= 11 is 0. The zero-order valence-corrected chi connectivity index (χ0v) is 8.37. The largest absolute Gasteiger partial charge is 0.456 e. The molecule has 2 N–H and O–H groups in total. The van der Waals surface area contributed by atoms with Gasteiger partial charge in [0.1, 0.15) is 12.1 Å². The highest BCUT2D eigenvalue weighted by atomic mass is 35.5. The van der Waals surface area contributed by atoms with Crippen LogP contribution >= 0.6 is 12.4 Å². The highest BCUT2D eigenvalue weighted by Crippen LogP contribution is 2.28. The lowest BCUT2D eigenvalue weighted by Gasteiger charge is -2.07. The Morgan fingerprint density at radius 1 is 1.29 bits per heavy atom. The zero-order chi connectivity index (χ0) is 9.26. The van der Waals surface area contributed by atoms with Crippen LogP contribution in [0.4, 0.5) is 0 Å². The van der Waals surface area contributed by atoms with Crippen LogP contribution in [0.5, 0.6) is 0 Å². The van der Waals surface area contributed by atoms with Crippen molar-refractivity contribution in [2.45, 2.75) is 18.6 Å². The van der Waals surface area contributed by atoms with Gasteiger partial charge in [-0.05, 0) is 5.56 Å². The van der Waals surface area contributed by atoms with E-state index in [2.05, 4.69) is 0 Å². The fourth-order valence-corrected chi connectivity index (χ4v) is 1.47. The van der Waals surface area contributed by atoms with Crippen LogP contribution in [0.3, 0.4) is 0 Å². The summed E-state index contributed by atoms with van der Waals surface area (Å²) < 4.78 is 5.10. The summed E-state index contributed by atoms with van der Waals surface area (Å²) in [5, 5.41) is 0. The lowest BCUT2D eigenvalue weighted by molar-refractivity contribution is -0.142. The Kier molecular flexibility index (Phi) is 3.49. The minimum absolute atomic E-state index is 0. The number of carbonyl (C=O) groups is 1. The molecule has 1 aliphatic rings. The average molecular weight is 214 g/mol. The summed E-state index contributed by atoms with van der Waals surface area (Å²) in [6, 6.07) is 9.21. The van der Waals surface area contributed by atoms with E-state index in [9.17, 15) is 4.79 Å². The molecule has 2 atom stereocenters. The molecule has 3 nitrogen and oxygen atoms in total. The van der Waals surface area contributed by atoms with Crippen LogP contribution in [0, 0.1) is 0 Å². The van der Waals surface area contributed by atoms with Gasteiger partial charge < -0.3 is 10.5 Å². The summed E-state index contributed by atoms with van der Waals surface area (Å²) in [6.45, 7) is 0. The molecule has 0 bridgehead atoms. The maximum atomic E-state index is 11.0. The van der Waals surface area contributed by atoms with Crippen molar-refractivity contribution in [1.29, 1.82) is 0 Å². The molecule has 1 aliphatic heterocycles. The highest BCUT2D eigenvalue weighted by Gasteiger charge is 2.32. The molecule has 4 heteroatoms. The van der Waals surface area contributed by atoms with Crippen LogP contribution < -0.4 is 5.73 Å². The monoisotopic (exact) mass is 213 g/mol. The molecule has 0 amide bonds. The van der Waals surface area contributed by atoms with Crippen LogP contribution in [0.1, 0.15) is 18.1 Å². The number of carbonyl (C=O) groups excluding carboxylic acids is 1. The third-order valence-corrected chi connectivity index (χ3v) is 2.20. The fraction of sp³-hybridized carbons (Fsp3) is 0.300. The van der Waals surface area contributed by atoms with E-state index in [1.807, 2.05) is 30.3 Å². The normalized spacial score (nSPS) is 25.4. The number of cyclic esters (lactones) is 1. The fourth-order valence-electron chi connectivity index (χ4n) is 1.47. The summed E-state index contributed by atoms with van der Waals surface area (Å²) in [4.78, 5) is 11.0. The molecule has 14 heavy (non-hydrogen) atoms. The highest BCUT2D eigenvalue weighted by molar-refractivity contribution is 5.85. The van der Waals surface area contributed by atoms with E-state index in [1.165, 1.54) is 0 Å². The number of hydrogen-bond acceptors (Lipinski definition) is 3. The van der Waals surface area contributed by atoms with E-state index in [0.717, 1.165) is 5.56 Å². The molecule has 1 saturated heterocycles. The van der Waals surface area contributed by atoms with Crippen molar-refractivity contribution in [3.63, 3.8) is 0 Å². The van der Waals surface area contributed by atoms with Crippen molar-refractivity contribution in [1.82, 2.24) is 0 Å². The SMILES string of the molecule is Cl.N[C@H]1CC(c2ccccc2)OC1=O. The standard InChI is InChI=1S/C10H11NO2.ClH/c11-8-6-9(13-10(8)12)7-4-2-1-3-5-7;/h1-5,8-9H,6,11H2;1H/t8-,9?;/m0./s1. The first kappa shape index (κ1) is 11.0. The van der Waals surface area contributed by atoms with Crippen LogP contribution in [-0.4, -0.2) is 12.0 Å². The second-order valence-corrected chi connectivity index (χ2v) is 3.18. The molecular formula is C10H12ClNO2. The first-order chi connectivity index (χ1) is 6.27. The first-order valence-corrected chi connectivity index (χ1v) is 4.28. The third kappa shape index (κ3) is 2.05. The molecule has 1 heterocycles. The number of esters is 1. The Morgan fingerprint density at radius 2 is 1.93 bits per heavy atom. The predicted molar refractivity (Wildman–Crippen MR) is 55.1 cm³/mol. The van der Waals surface area contributed by atoms with Gasteiger partial charge in [0.05, 0.1) is 0 Å². The van der Waals surface area contributed by atoms with Gasteiger partial charge in [-0.3, -0.25) is 4.79 Å². The van der Waals surface area contributed by atoms with Crippen LogP contribution in [0.2, 0.25) is 0 Å². The summed E-state index contributed by atoms with van der Waals surface area (Å²) in [5.41, 5.74) is 6.55. The second-order valence-electron chi connectivity index (χ2n) is 3.18. The van der Waals surface area contributed by atoms with E-state index >= 15 is 0 Å². The molecular weight excluding hydrogens is 202 g/mol. The Bertz CT molecular complexity index is 315. The second kappa shape index (κ2) is 4.44. The number of hydrogen-bond donors (Lipinski definition) is 1. The minimum atomic E-state index is -0.454. The van der Waals surface area contributed by atoms with Gasteiger partial charge in [-0.25, -0.2) is 0 Å².